The summed E-state index contributed by atoms with van der Waals surface area (Å²) in [6.45, 7) is 2.51. The zero-order valence-electron chi connectivity index (χ0n) is 17.5. The summed E-state index contributed by atoms with van der Waals surface area (Å²) in [4.78, 5) is 21.4. The third-order valence-corrected chi connectivity index (χ3v) is 5.78. The summed E-state index contributed by atoms with van der Waals surface area (Å²) in [7, 11) is 1.59. The van der Waals surface area contributed by atoms with Crippen LogP contribution in [-0.2, 0) is 0 Å². The number of nitrogens with zero attached hydrogens (tertiary/aromatic N) is 3. The number of hydrogen-bond acceptors (Lipinski definition) is 4. The van der Waals surface area contributed by atoms with Gasteiger partial charge in [0.15, 0.2) is 0 Å². The van der Waals surface area contributed by atoms with Crippen molar-refractivity contribution in [3.63, 3.8) is 0 Å². The molecule has 0 bridgehead atoms. The fourth-order valence-electron chi connectivity index (χ4n) is 3.53. The molecule has 3 aromatic rings. The van der Waals surface area contributed by atoms with Crippen molar-refractivity contribution in [3.05, 3.63) is 87.5 Å². The average Bonchev–Trinajstić information content (AvgIpc) is 2.83. The van der Waals surface area contributed by atoms with Gasteiger partial charge < -0.3 is 14.5 Å². The van der Waals surface area contributed by atoms with Crippen LogP contribution in [0.25, 0.3) is 0 Å². The molecule has 32 heavy (non-hydrogen) atoms. The quantitative estimate of drug-likeness (QED) is 0.523. The van der Waals surface area contributed by atoms with Crippen LogP contribution >= 0.6 is 23.2 Å². The second-order valence-electron chi connectivity index (χ2n) is 7.26. The molecule has 0 aliphatic carbocycles. The van der Waals surface area contributed by atoms with Gasteiger partial charge in [-0.1, -0.05) is 35.0 Å². The van der Waals surface area contributed by atoms with Crippen molar-refractivity contribution in [2.45, 2.75) is 0 Å². The third kappa shape index (κ3) is 4.99. The number of carbonyl (C=O) groups excluding carboxylic acids is 1. The highest BCUT2D eigenvalue weighted by molar-refractivity contribution is 6.33. The Morgan fingerprint density at radius 2 is 1.75 bits per heavy atom. The fraction of sp³-hybridized carbons (Fsp3) is 0.200. The number of methoxy groups -OCH3 is 1. The lowest BCUT2D eigenvalue weighted by Crippen LogP contribution is -2.49. The maximum Gasteiger partial charge on any atom is 0.254 e. The van der Waals surface area contributed by atoms with Crippen molar-refractivity contribution in [2.24, 2.45) is 0 Å². The number of pyridine rings is 1. The Morgan fingerprint density at radius 1 is 1.00 bits per heavy atom. The van der Waals surface area contributed by atoms with E-state index in [1.54, 1.807) is 43.6 Å². The van der Waals surface area contributed by atoms with Crippen LogP contribution in [0.4, 0.5) is 5.82 Å². The Morgan fingerprint density at radius 3 is 2.44 bits per heavy atom. The summed E-state index contributed by atoms with van der Waals surface area (Å²) in [6.07, 6.45) is 1.72. The first-order valence-corrected chi connectivity index (χ1v) is 10.9. The Balaban J connectivity index is 1.49. The first kappa shape index (κ1) is 22.0. The van der Waals surface area contributed by atoms with Crippen molar-refractivity contribution in [2.75, 3.05) is 38.2 Å². The van der Waals surface area contributed by atoms with Crippen LogP contribution < -0.4 is 9.64 Å². The van der Waals surface area contributed by atoms with E-state index in [1.807, 2.05) is 29.2 Å². The van der Waals surface area contributed by atoms with E-state index in [4.69, 9.17) is 27.9 Å². The smallest absolute Gasteiger partial charge is 0.254 e. The normalized spacial score (nSPS) is 13.3. The molecule has 1 saturated heterocycles. The predicted molar refractivity (Wildman–Crippen MR) is 128 cm³/mol. The maximum atomic E-state index is 13.1. The number of benzene rings is 2. The fourth-order valence-corrected chi connectivity index (χ4v) is 3.89. The Labute approximate surface area is 197 Å². The van der Waals surface area contributed by atoms with Gasteiger partial charge in [-0.05, 0) is 54.6 Å². The number of rotatable bonds is 3. The molecule has 0 radical (unpaired) electrons. The Kier molecular flexibility index (Phi) is 6.84. The number of anilines is 1. The molecule has 162 valence electrons. The van der Waals surface area contributed by atoms with E-state index in [-0.39, 0.29) is 5.91 Å². The summed E-state index contributed by atoms with van der Waals surface area (Å²) < 4.78 is 5.43. The van der Waals surface area contributed by atoms with Crippen LogP contribution in [0.15, 0.2) is 60.8 Å². The van der Waals surface area contributed by atoms with Gasteiger partial charge in [-0.3, -0.25) is 4.79 Å². The van der Waals surface area contributed by atoms with E-state index in [1.165, 1.54) is 0 Å². The second-order valence-corrected chi connectivity index (χ2v) is 8.10. The predicted octanol–water partition coefficient (Wildman–Crippen LogP) is 4.76. The molecular weight excluding hydrogens is 445 g/mol. The monoisotopic (exact) mass is 465 g/mol. The van der Waals surface area contributed by atoms with Gasteiger partial charge >= 0.3 is 0 Å². The highest BCUT2D eigenvalue weighted by Gasteiger charge is 2.24. The second kappa shape index (κ2) is 9.95. The Bertz CT molecular complexity index is 1180. The van der Waals surface area contributed by atoms with Crippen molar-refractivity contribution in [3.8, 4) is 17.6 Å². The maximum absolute atomic E-state index is 13.1. The molecule has 0 N–H and O–H groups in total. The molecule has 4 rings (SSSR count). The summed E-state index contributed by atoms with van der Waals surface area (Å²) in [5.74, 6) is 7.56. The van der Waals surface area contributed by atoms with Crippen molar-refractivity contribution in [1.82, 2.24) is 9.88 Å². The van der Waals surface area contributed by atoms with Crippen LogP contribution in [0.5, 0.6) is 5.75 Å². The molecule has 1 fully saturated rings. The summed E-state index contributed by atoms with van der Waals surface area (Å²) in [5, 5.41) is 1.28. The SMILES string of the molecule is COc1ccc(C(=O)N2CCN(c3ncccc3Cl)CC2)cc1C#Cc1ccc(Cl)cc1. The van der Waals surface area contributed by atoms with Crippen molar-refractivity contribution in [1.29, 1.82) is 0 Å². The largest absolute Gasteiger partial charge is 0.495 e. The lowest BCUT2D eigenvalue weighted by atomic mass is 10.1. The minimum absolute atomic E-state index is 0.0334. The molecule has 0 unspecified atom stereocenters. The molecular formula is C25H21Cl2N3O2. The lowest BCUT2D eigenvalue weighted by Gasteiger charge is -2.35. The summed E-state index contributed by atoms with van der Waals surface area (Å²) in [5.41, 5.74) is 2.07. The highest BCUT2D eigenvalue weighted by Crippen LogP contribution is 2.24. The molecule has 2 aromatic carbocycles. The first-order valence-electron chi connectivity index (χ1n) is 10.2. The number of carbonyl (C=O) groups is 1. The zero-order valence-corrected chi connectivity index (χ0v) is 19.0. The van der Waals surface area contributed by atoms with Gasteiger partial charge in [-0.15, -0.1) is 0 Å². The molecule has 0 spiro atoms. The van der Waals surface area contributed by atoms with E-state index < -0.39 is 0 Å². The van der Waals surface area contributed by atoms with E-state index in [0.29, 0.717) is 53.1 Å². The number of aromatic nitrogens is 1. The summed E-state index contributed by atoms with van der Waals surface area (Å²) in [6, 6.07) is 16.3. The molecule has 0 atom stereocenters. The van der Waals surface area contributed by atoms with E-state index in [2.05, 4.69) is 21.7 Å². The molecule has 1 aromatic heterocycles. The molecule has 2 heterocycles. The zero-order chi connectivity index (χ0) is 22.5. The summed E-state index contributed by atoms with van der Waals surface area (Å²) >= 11 is 12.2. The van der Waals surface area contributed by atoms with Crippen LogP contribution in [-0.4, -0.2) is 49.1 Å². The van der Waals surface area contributed by atoms with Gasteiger partial charge in [-0.2, -0.15) is 0 Å². The van der Waals surface area contributed by atoms with Gasteiger partial charge in [0.25, 0.3) is 5.91 Å². The number of hydrogen-bond donors (Lipinski definition) is 0. The first-order chi connectivity index (χ1) is 15.5. The molecule has 5 nitrogen and oxygen atoms in total. The molecule has 1 amide bonds. The molecule has 7 heteroatoms. The van der Waals surface area contributed by atoms with Gasteiger partial charge in [-0.25, -0.2) is 4.98 Å². The highest BCUT2D eigenvalue weighted by atomic mass is 35.5. The molecule has 1 aliphatic rings. The minimum Gasteiger partial charge on any atom is -0.495 e. The minimum atomic E-state index is -0.0334. The van der Waals surface area contributed by atoms with E-state index >= 15 is 0 Å². The Hall–Kier alpha value is -3.20. The van der Waals surface area contributed by atoms with Gasteiger partial charge in [0, 0.05) is 48.5 Å². The lowest BCUT2D eigenvalue weighted by molar-refractivity contribution is 0.0746. The van der Waals surface area contributed by atoms with Gasteiger partial charge in [0.2, 0.25) is 0 Å². The van der Waals surface area contributed by atoms with Crippen molar-refractivity contribution < 1.29 is 9.53 Å². The number of piperazine rings is 1. The van der Waals surface area contributed by atoms with Gasteiger partial charge in [0.1, 0.15) is 11.6 Å². The van der Waals surface area contributed by atoms with Crippen molar-refractivity contribution >= 4 is 34.9 Å². The van der Waals surface area contributed by atoms with Crippen LogP contribution in [0.1, 0.15) is 21.5 Å². The van der Waals surface area contributed by atoms with Gasteiger partial charge in [0.05, 0.1) is 17.7 Å². The van der Waals surface area contributed by atoms with Crippen LogP contribution in [0, 0.1) is 11.8 Å². The third-order valence-electron chi connectivity index (χ3n) is 5.24. The number of ether oxygens (including phenoxy) is 1. The molecule has 0 saturated carbocycles. The number of amides is 1. The van der Waals surface area contributed by atoms with E-state index in [0.717, 1.165) is 11.4 Å². The van der Waals surface area contributed by atoms with Crippen LogP contribution in [0.2, 0.25) is 10.0 Å². The topological polar surface area (TPSA) is 45.7 Å². The standard InChI is InChI=1S/C25H21Cl2N3O2/c1-32-23-11-8-20(17-19(23)7-4-18-5-9-21(26)10-6-18)25(31)30-15-13-29(14-16-30)24-22(27)3-2-12-28-24/h2-3,5-6,8-12,17H,13-16H2,1H3. The average molecular weight is 466 g/mol. The van der Waals surface area contributed by atoms with E-state index in [9.17, 15) is 4.79 Å². The number of halogens is 2. The molecule has 1 aliphatic heterocycles. The van der Waals surface area contributed by atoms with Crippen LogP contribution in [0.3, 0.4) is 0 Å².